The quantitative estimate of drug-likeness (QED) is 0.486. The highest BCUT2D eigenvalue weighted by Crippen LogP contribution is 2.39. The Morgan fingerprint density at radius 2 is 2.19 bits per heavy atom. The summed E-state index contributed by atoms with van der Waals surface area (Å²) < 4.78 is 4.73. The van der Waals surface area contributed by atoms with E-state index in [1.807, 2.05) is 18.7 Å². The van der Waals surface area contributed by atoms with Gasteiger partial charge in [0.15, 0.2) is 0 Å². The van der Waals surface area contributed by atoms with E-state index in [2.05, 4.69) is 15.3 Å². The van der Waals surface area contributed by atoms with E-state index in [4.69, 9.17) is 4.74 Å². The highest BCUT2D eigenvalue weighted by Gasteiger charge is 2.35. The Balaban J connectivity index is 1.92. The standard InChI is InChI=1S/C18H28N4O4S/c1-5-14-19-11(2)16(21-14)17-22(15(24)10-27-17)9-7-6-8-13(18(25)26-4)20-12(3)23/h13,17H,5-10H2,1-4H3,(H,19,21)(H,20,23). The molecular formula is C18H28N4O4S. The van der Waals surface area contributed by atoms with Crippen LogP contribution in [0.3, 0.4) is 0 Å². The van der Waals surface area contributed by atoms with Crippen molar-refractivity contribution in [1.29, 1.82) is 0 Å². The number of nitrogens with one attached hydrogen (secondary N) is 2. The lowest BCUT2D eigenvalue weighted by Gasteiger charge is -2.23. The van der Waals surface area contributed by atoms with E-state index in [9.17, 15) is 14.4 Å². The molecule has 2 heterocycles. The summed E-state index contributed by atoms with van der Waals surface area (Å²) in [4.78, 5) is 45.1. The van der Waals surface area contributed by atoms with Crippen molar-refractivity contribution in [2.75, 3.05) is 19.4 Å². The summed E-state index contributed by atoms with van der Waals surface area (Å²) in [6.45, 7) is 5.99. The Morgan fingerprint density at radius 1 is 1.44 bits per heavy atom. The van der Waals surface area contributed by atoms with E-state index in [0.29, 0.717) is 25.1 Å². The van der Waals surface area contributed by atoms with Gasteiger partial charge in [-0.3, -0.25) is 9.59 Å². The van der Waals surface area contributed by atoms with Crippen LogP contribution < -0.4 is 5.32 Å². The third kappa shape index (κ3) is 5.47. The van der Waals surface area contributed by atoms with Crippen LogP contribution in [0.2, 0.25) is 0 Å². The van der Waals surface area contributed by atoms with E-state index in [1.165, 1.54) is 14.0 Å². The van der Waals surface area contributed by atoms with Gasteiger partial charge in [-0.15, -0.1) is 11.8 Å². The molecule has 1 fully saturated rings. The second-order valence-corrected chi connectivity index (χ2v) is 7.64. The van der Waals surface area contributed by atoms with Gasteiger partial charge in [0, 0.05) is 25.6 Å². The predicted molar refractivity (Wildman–Crippen MR) is 103 cm³/mol. The van der Waals surface area contributed by atoms with Gasteiger partial charge in [0.05, 0.1) is 18.6 Å². The molecule has 2 rings (SSSR count). The number of aryl methyl sites for hydroxylation is 2. The first-order chi connectivity index (χ1) is 12.9. The molecule has 0 aliphatic carbocycles. The van der Waals surface area contributed by atoms with E-state index in [0.717, 1.165) is 30.1 Å². The van der Waals surface area contributed by atoms with Gasteiger partial charge in [-0.1, -0.05) is 6.92 Å². The number of hydrogen-bond donors (Lipinski definition) is 2. The van der Waals surface area contributed by atoms with Crippen LogP contribution in [0.1, 0.15) is 55.7 Å². The minimum Gasteiger partial charge on any atom is -0.467 e. The Bertz CT molecular complexity index is 691. The zero-order valence-corrected chi connectivity index (χ0v) is 17.1. The number of carbonyl (C=O) groups is 3. The number of hydrogen-bond acceptors (Lipinski definition) is 6. The highest BCUT2D eigenvalue weighted by molar-refractivity contribution is 8.00. The summed E-state index contributed by atoms with van der Waals surface area (Å²) in [5.41, 5.74) is 1.92. The smallest absolute Gasteiger partial charge is 0.328 e. The number of thioether (sulfide) groups is 1. The Kier molecular flexibility index (Phi) is 7.70. The molecule has 2 N–H and O–H groups in total. The molecule has 0 bridgehead atoms. The molecule has 2 unspecified atom stereocenters. The number of nitrogens with zero attached hydrogens (tertiary/aromatic N) is 2. The molecule has 1 aliphatic rings. The number of rotatable bonds is 9. The maximum Gasteiger partial charge on any atom is 0.328 e. The molecule has 2 amide bonds. The van der Waals surface area contributed by atoms with Crippen LogP contribution in [0.5, 0.6) is 0 Å². The molecular weight excluding hydrogens is 368 g/mol. The number of H-pyrrole nitrogens is 1. The summed E-state index contributed by atoms with van der Waals surface area (Å²) >= 11 is 1.59. The number of amides is 2. The van der Waals surface area contributed by atoms with Gasteiger partial charge in [0.1, 0.15) is 17.2 Å². The van der Waals surface area contributed by atoms with Crippen molar-refractivity contribution in [3.63, 3.8) is 0 Å². The average Bonchev–Trinajstić information content (AvgIpc) is 3.18. The summed E-state index contributed by atoms with van der Waals surface area (Å²) in [7, 11) is 1.30. The fraction of sp³-hybridized carbons (Fsp3) is 0.667. The predicted octanol–water partition coefficient (Wildman–Crippen LogP) is 1.70. The normalized spacial score (nSPS) is 17.9. The second-order valence-electron chi connectivity index (χ2n) is 6.57. The molecule has 0 aromatic carbocycles. The zero-order chi connectivity index (χ0) is 20.0. The molecule has 0 spiro atoms. The molecule has 8 nitrogen and oxygen atoms in total. The lowest BCUT2D eigenvalue weighted by molar-refractivity contribution is -0.145. The first-order valence-corrected chi connectivity index (χ1v) is 10.2. The molecule has 1 aliphatic heterocycles. The first kappa shape index (κ1) is 21.3. The lowest BCUT2D eigenvalue weighted by atomic mass is 10.1. The zero-order valence-electron chi connectivity index (χ0n) is 16.3. The fourth-order valence-corrected chi connectivity index (χ4v) is 4.39. The number of ether oxygens (including phenoxy) is 1. The van der Waals surface area contributed by atoms with Crippen molar-refractivity contribution in [3.05, 3.63) is 17.2 Å². The Morgan fingerprint density at radius 3 is 2.78 bits per heavy atom. The van der Waals surface area contributed by atoms with Crippen LogP contribution in [0.25, 0.3) is 0 Å². The van der Waals surface area contributed by atoms with Crippen LogP contribution in [0.4, 0.5) is 0 Å². The summed E-state index contributed by atoms with van der Waals surface area (Å²) in [5.74, 6) is 0.776. The average molecular weight is 397 g/mol. The van der Waals surface area contributed by atoms with Crippen LogP contribution in [0, 0.1) is 6.92 Å². The van der Waals surface area contributed by atoms with Crippen molar-refractivity contribution >= 4 is 29.5 Å². The molecule has 0 saturated carbocycles. The Labute approximate surface area is 163 Å². The van der Waals surface area contributed by atoms with Crippen molar-refractivity contribution in [2.24, 2.45) is 0 Å². The van der Waals surface area contributed by atoms with Crippen molar-refractivity contribution in [2.45, 2.75) is 57.9 Å². The minimum absolute atomic E-state index is 0.0687. The van der Waals surface area contributed by atoms with Gasteiger partial charge in [-0.25, -0.2) is 9.78 Å². The largest absolute Gasteiger partial charge is 0.467 e. The van der Waals surface area contributed by atoms with Crippen molar-refractivity contribution < 1.29 is 19.1 Å². The maximum atomic E-state index is 12.3. The van der Waals surface area contributed by atoms with Crippen molar-refractivity contribution in [1.82, 2.24) is 20.2 Å². The topological polar surface area (TPSA) is 104 Å². The first-order valence-electron chi connectivity index (χ1n) is 9.18. The summed E-state index contributed by atoms with van der Waals surface area (Å²) in [6, 6.07) is -0.646. The molecule has 0 radical (unpaired) electrons. The molecule has 27 heavy (non-hydrogen) atoms. The number of esters is 1. The molecule has 1 aromatic heterocycles. The highest BCUT2D eigenvalue weighted by atomic mass is 32.2. The van der Waals surface area contributed by atoms with E-state index >= 15 is 0 Å². The van der Waals surface area contributed by atoms with Gasteiger partial charge >= 0.3 is 5.97 Å². The minimum atomic E-state index is -0.646. The second kappa shape index (κ2) is 9.77. The Hall–Kier alpha value is -2.03. The van der Waals surface area contributed by atoms with E-state index in [1.54, 1.807) is 11.8 Å². The summed E-state index contributed by atoms with van der Waals surface area (Å²) in [5, 5.41) is 2.54. The number of methoxy groups -OCH3 is 1. The monoisotopic (exact) mass is 396 g/mol. The third-order valence-corrected chi connectivity index (χ3v) is 5.72. The number of aromatic nitrogens is 2. The van der Waals surface area contributed by atoms with Gasteiger partial charge in [-0.05, 0) is 26.2 Å². The van der Waals surface area contributed by atoms with Crippen LogP contribution in [0.15, 0.2) is 0 Å². The number of aromatic amines is 1. The number of carbonyl (C=O) groups excluding carboxylic acids is 3. The van der Waals surface area contributed by atoms with Crippen LogP contribution in [-0.4, -0.2) is 58.1 Å². The molecule has 9 heteroatoms. The number of imidazole rings is 1. The van der Waals surface area contributed by atoms with Crippen LogP contribution in [-0.2, 0) is 25.5 Å². The van der Waals surface area contributed by atoms with Gasteiger partial charge < -0.3 is 19.9 Å². The SMILES string of the molecule is CCc1nc(C2SCC(=O)N2CCCCC(NC(C)=O)C(=O)OC)c(C)[nH]1. The van der Waals surface area contributed by atoms with Crippen molar-refractivity contribution in [3.8, 4) is 0 Å². The lowest BCUT2D eigenvalue weighted by Crippen LogP contribution is -2.40. The summed E-state index contributed by atoms with van der Waals surface area (Å²) in [6.07, 6.45) is 2.73. The molecule has 2 atom stereocenters. The third-order valence-electron chi connectivity index (χ3n) is 4.51. The van der Waals surface area contributed by atoms with E-state index < -0.39 is 12.0 Å². The van der Waals surface area contributed by atoms with Gasteiger partial charge in [-0.2, -0.15) is 0 Å². The van der Waals surface area contributed by atoms with Crippen LogP contribution >= 0.6 is 11.8 Å². The maximum absolute atomic E-state index is 12.3. The van der Waals surface area contributed by atoms with Gasteiger partial charge in [0.25, 0.3) is 0 Å². The number of unbranched alkanes of at least 4 members (excludes halogenated alkanes) is 1. The molecule has 1 saturated heterocycles. The van der Waals surface area contributed by atoms with E-state index in [-0.39, 0.29) is 17.2 Å². The fourth-order valence-electron chi connectivity index (χ4n) is 3.14. The molecule has 1 aromatic rings. The van der Waals surface area contributed by atoms with Gasteiger partial charge in [0.2, 0.25) is 11.8 Å². The molecule has 150 valence electrons.